The maximum absolute atomic E-state index is 12.5. The van der Waals surface area contributed by atoms with E-state index in [-0.39, 0.29) is 23.6 Å². The molecule has 2 amide bonds. The van der Waals surface area contributed by atoms with Gasteiger partial charge in [-0.1, -0.05) is 54.2 Å². The van der Waals surface area contributed by atoms with Crippen LogP contribution in [0.4, 0.5) is 5.69 Å². The van der Waals surface area contributed by atoms with Crippen LogP contribution in [0.3, 0.4) is 0 Å². The Hall–Kier alpha value is -3.39. The molecule has 2 aromatic carbocycles. The fourth-order valence-corrected chi connectivity index (χ4v) is 3.75. The van der Waals surface area contributed by atoms with Gasteiger partial charge in [0.25, 0.3) is 5.91 Å². The number of carbonyl (C=O) groups is 2. The zero-order valence-corrected chi connectivity index (χ0v) is 18.4. The Morgan fingerprint density at radius 1 is 1.13 bits per heavy atom. The van der Waals surface area contributed by atoms with Crippen LogP contribution in [0, 0.1) is 6.92 Å². The maximum atomic E-state index is 12.5. The molecule has 0 bridgehead atoms. The number of nitrogens with one attached hydrogen (secondary N) is 2. The molecular formula is C23H25N5O2S. The minimum atomic E-state index is -0.365. The van der Waals surface area contributed by atoms with Gasteiger partial charge in [0.05, 0.1) is 11.8 Å². The summed E-state index contributed by atoms with van der Waals surface area (Å²) in [5.41, 5.74) is 2.37. The standard InChI is InChI=1S/C23H25N5O2S/c1-4-14-28-21(17(3)24-22(30)18-11-6-5-7-12-18)26-27-23(28)31-15-20(29)25-19-13-9-8-10-16(19)2/h4-13,17H,1,14-15H2,2-3H3,(H,24,30)(H,25,29)/t17-/m0/s1. The molecule has 2 N–H and O–H groups in total. The van der Waals surface area contributed by atoms with E-state index in [2.05, 4.69) is 27.4 Å². The third-order valence-corrected chi connectivity index (χ3v) is 5.55. The van der Waals surface area contributed by atoms with Crippen LogP contribution in [0.1, 0.15) is 34.7 Å². The number of aromatic nitrogens is 3. The van der Waals surface area contributed by atoms with Gasteiger partial charge in [0, 0.05) is 17.8 Å². The van der Waals surface area contributed by atoms with Gasteiger partial charge in [0.1, 0.15) is 0 Å². The van der Waals surface area contributed by atoms with Gasteiger partial charge < -0.3 is 15.2 Å². The highest BCUT2D eigenvalue weighted by atomic mass is 32.2. The summed E-state index contributed by atoms with van der Waals surface area (Å²) in [7, 11) is 0. The molecule has 0 aliphatic rings. The van der Waals surface area contributed by atoms with Crippen molar-refractivity contribution in [3.8, 4) is 0 Å². The average Bonchev–Trinajstić information content (AvgIpc) is 3.17. The SMILES string of the molecule is C=CCn1c(SCC(=O)Nc2ccccc2C)nnc1[C@H](C)NC(=O)c1ccccc1. The molecule has 3 rings (SSSR count). The van der Waals surface area contributed by atoms with Crippen molar-refractivity contribution in [3.05, 3.63) is 84.2 Å². The molecule has 0 radical (unpaired) electrons. The van der Waals surface area contributed by atoms with E-state index >= 15 is 0 Å². The smallest absolute Gasteiger partial charge is 0.251 e. The summed E-state index contributed by atoms with van der Waals surface area (Å²) in [6.45, 7) is 8.06. The van der Waals surface area contributed by atoms with E-state index in [1.54, 1.807) is 18.2 Å². The Kier molecular flexibility index (Phi) is 7.61. The first-order chi connectivity index (χ1) is 15.0. The van der Waals surface area contributed by atoms with E-state index in [9.17, 15) is 9.59 Å². The summed E-state index contributed by atoms with van der Waals surface area (Å²) < 4.78 is 1.86. The van der Waals surface area contributed by atoms with Gasteiger partial charge in [-0.3, -0.25) is 9.59 Å². The highest BCUT2D eigenvalue weighted by Gasteiger charge is 2.20. The van der Waals surface area contributed by atoms with E-state index in [1.165, 1.54) is 11.8 Å². The second-order valence-electron chi connectivity index (χ2n) is 6.95. The van der Waals surface area contributed by atoms with Crippen LogP contribution in [0.5, 0.6) is 0 Å². The number of hydrogen-bond donors (Lipinski definition) is 2. The summed E-state index contributed by atoms with van der Waals surface area (Å²) in [5, 5.41) is 14.9. The number of nitrogens with zero attached hydrogens (tertiary/aromatic N) is 3. The number of rotatable bonds is 9. The van der Waals surface area contributed by atoms with Crippen molar-refractivity contribution in [1.82, 2.24) is 20.1 Å². The lowest BCUT2D eigenvalue weighted by molar-refractivity contribution is -0.113. The van der Waals surface area contributed by atoms with Crippen LogP contribution in [0.2, 0.25) is 0 Å². The molecule has 8 heteroatoms. The molecule has 7 nitrogen and oxygen atoms in total. The van der Waals surface area contributed by atoms with Crippen LogP contribution in [0.15, 0.2) is 72.4 Å². The Balaban J connectivity index is 1.66. The van der Waals surface area contributed by atoms with Gasteiger partial charge in [-0.05, 0) is 37.6 Å². The van der Waals surface area contributed by atoms with Crippen molar-refractivity contribution in [3.63, 3.8) is 0 Å². The molecule has 0 saturated carbocycles. The van der Waals surface area contributed by atoms with E-state index in [0.717, 1.165) is 11.3 Å². The molecule has 31 heavy (non-hydrogen) atoms. The first-order valence-corrected chi connectivity index (χ1v) is 10.9. The number of anilines is 1. The summed E-state index contributed by atoms with van der Waals surface area (Å²) in [6, 6.07) is 16.3. The number of para-hydroxylation sites is 1. The largest absolute Gasteiger partial charge is 0.342 e. The maximum Gasteiger partial charge on any atom is 0.251 e. The number of amides is 2. The number of hydrogen-bond acceptors (Lipinski definition) is 5. The van der Waals surface area contributed by atoms with E-state index < -0.39 is 0 Å². The minimum absolute atomic E-state index is 0.126. The van der Waals surface area contributed by atoms with Crippen LogP contribution in [0.25, 0.3) is 0 Å². The third kappa shape index (κ3) is 5.82. The molecule has 160 valence electrons. The zero-order chi connectivity index (χ0) is 22.2. The predicted octanol–water partition coefficient (Wildman–Crippen LogP) is 3.99. The fourth-order valence-electron chi connectivity index (χ4n) is 2.99. The zero-order valence-electron chi connectivity index (χ0n) is 17.5. The molecule has 0 fully saturated rings. The summed E-state index contributed by atoms with van der Waals surface area (Å²) in [6.07, 6.45) is 1.73. The van der Waals surface area contributed by atoms with Crippen molar-refractivity contribution in [2.24, 2.45) is 0 Å². The highest BCUT2D eigenvalue weighted by molar-refractivity contribution is 7.99. The Morgan fingerprint density at radius 2 is 1.84 bits per heavy atom. The number of allylic oxidation sites excluding steroid dienone is 1. The van der Waals surface area contributed by atoms with Gasteiger partial charge in [0.2, 0.25) is 5.91 Å². The molecule has 0 saturated heterocycles. The predicted molar refractivity (Wildman–Crippen MR) is 123 cm³/mol. The minimum Gasteiger partial charge on any atom is -0.342 e. The normalized spacial score (nSPS) is 11.5. The lowest BCUT2D eigenvalue weighted by Crippen LogP contribution is -2.28. The first-order valence-electron chi connectivity index (χ1n) is 9.87. The van der Waals surface area contributed by atoms with Crippen LogP contribution in [-0.4, -0.2) is 32.3 Å². The number of benzene rings is 2. The molecule has 1 aromatic heterocycles. The molecule has 1 heterocycles. The lowest BCUT2D eigenvalue weighted by atomic mass is 10.2. The topological polar surface area (TPSA) is 88.9 Å². The van der Waals surface area contributed by atoms with Crippen LogP contribution < -0.4 is 10.6 Å². The van der Waals surface area contributed by atoms with Crippen LogP contribution in [-0.2, 0) is 11.3 Å². The molecule has 0 unspecified atom stereocenters. The van der Waals surface area contributed by atoms with Crippen molar-refractivity contribution < 1.29 is 9.59 Å². The van der Waals surface area contributed by atoms with E-state index in [0.29, 0.717) is 23.1 Å². The van der Waals surface area contributed by atoms with Gasteiger partial charge in [-0.25, -0.2) is 0 Å². The quantitative estimate of drug-likeness (QED) is 0.392. The fraction of sp³-hybridized carbons (Fsp3) is 0.217. The molecule has 0 aliphatic heterocycles. The summed E-state index contributed by atoms with van der Waals surface area (Å²) >= 11 is 1.29. The molecule has 3 aromatic rings. The molecule has 0 aliphatic carbocycles. The van der Waals surface area contributed by atoms with Crippen molar-refractivity contribution >= 4 is 29.3 Å². The number of aryl methyl sites for hydroxylation is 1. The Labute approximate surface area is 186 Å². The third-order valence-electron chi connectivity index (χ3n) is 4.58. The van der Waals surface area contributed by atoms with Gasteiger partial charge in [-0.15, -0.1) is 16.8 Å². The van der Waals surface area contributed by atoms with E-state index in [4.69, 9.17) is 0 Å². The first kappa shape index (κ1) is 22.3. The number of carbonyl (C=O) groups excluding carboxylic acids is 2. The second-order valence-corrected chi connectivity index (χ2v) is 7.90. The van der Waals surface area contributed by atoms with Gasteiger partial charge in [0.15, 0.2) is 11.0 Å². The average molecular weight is 436 g/mol. The van der Waals surface area contributed by atoms with E-state index in [1.807, 2.05) is 60.9 Å². The van der Waals surface area contributed by atoms with Crippen molar-refractivity contribution in [1.29, 1.82) is 0 Å². The molecular weight excluding hydrogens is 410 g/mol. The molecule has 1 atom stereocenters. The highest BCUT2D eigenvalue weighted by Crippen LogP contribution is 2.22. The summed E-state index contributed by atoms with van der Waals surface area (Å²) in [4.78, 5) is 24.9. The molecule has 0 spiro atoms. The Bertz CT molecular complexity index is 1060. The summed E-state index contributed by atoms with van der Waals surface area (Å²) in [5.74, 6) is 0.479. The van der Waals surface area contributed by atoms with Crippen LogP contribution >= 0.6 is 11.8 Å². The number of thioether (sulfide) groups is 1. The van der Waals surface area contributed by atoms with Gasteiger partial charge in [-0.2, -0.15) is 0 Å². The monoisotopic (exact) mass is 435 g/mol. The Morgan fingerprint density at radius 3 is 2.55 bits per heavy atom. The van der Waals surface area contributed by atoms with Crippen molar-refractivity contribution in [2.45, 2.75) is 31.6 Å². The van der Waals surface area contributed by atoms with Gasteiger partial charge >= 0.3 is 0 Å². The lowest BCUT2D eigenvalue weighted by Gasteiger charge is -2.15. The van der Waals surface area contributed by atoms with Crippen molar-refractivity contribution in [2.75, 3.05) is 11.1 Å². The second kappa shape index (κ2) is 10.6.